The van der Waals surface area contributed by atoms with Gasteiger partial charge >= 0.3 is 0 Å². The van der Waals surface area contributed by atoms with Gasteiger partial charge in [0.25, 0.3) is 15.9 Å². The van der Waals surface area contributed by atoms with E-state index < -0.39 is 10.0 Å². The summed E-state index contributed by atoms with van der Waals surface area (Å²) >= 11 is 0. The molecule has 0 bridgehead atoms. The van der Waals surface area contributed by atoms with E-state index in [1.54, 1.807) is 49.1 Å². The number of aryl methyl sites for hydroxylation is 2. The van der Waals surface area contributed by atoms with E-state index in [0.29, 0.717) is 29.9 Å². The summed E-state index contributed by atoms with van der Waals surface area (Å²) in [6.07, 6.45) is 1.89. The maximum absolute atomic E-state index is 13.0. The monoisotopic (exact) mass is 445 g/mol. The molecule has 0 radical (unpaired) electrons. The second-order valence-electron chi connectivity index (χ2n) is 7.41. The molecule has 2 aromatic rings. The van der Waals surface area contributed by atoms with Crippen LogP contribution in [-0.2, 0) is 30.8 Å². The van der Waals surface area contributed by atoms with E-state index in [1.165, 1.54) is 13.2 Å². The number of fused-ring (bicyclic) bond motifs is 1. The molecule has 0 spiro atoms. The van der Waals surface area contributed by atoms with Crippen LogP contribution in [0.1, 0.15) is 30.9 Å². The van der Waals surface area contributed by atoms with E-state index in [2.05, 4.69) is 10.0 Å². The third-order valence-electron chi connectivity index (χ3n) is 5.09. The van der Waals surface area contributed by atoms with Crippen molar-refractivity contribution in [1.82, 2.24) is 0 Å². The minimum atomic E-state index is -3.82. The van der Waals surface area contributed by atoms with E-state index in [-0.39, 0.29) is 23.3 Å². The summed E-state index contributed by atoms with van der Waals surface area (Å²) in [4.78, 5) is 25.6. The topological polar surface area (TPSA) is 105 Å². The number of hydrogen-bond acceptors (Lipinski definition) is 5. The smallest absolute Gasteiger partial charge is 0.262 e. The molecule has 0 unspecified atom stereocenters. The Labute approximate surface area is 182 Å². The number of hydrogen-bond donors (Lipinski definition) is 2. The molecule has 1 aliphatic rings. The minimum Gasteiger partial charge on any atom is -0.375 e. The van der Waals surface area contributed by atoms with Crippen LogP contribution in [0.25, 0.3) is 0 Å². The molecule has 8 nitrogen and oxygen atoms in total. The Morgan fingerprint density at radius 1 is 1.13 bits per heavy atom. The molecular weight excluding hydrogens is 418 g/mol. The Hall–Kier alpha value is -2.91. The quantitative estimate of drug-likeness (QED) is 0.682. The lowest BCUT2D eigenvalue weighted by Crippen LogP contribution is -2.37. The molecule has 31 heavy (non-hydrogen) atoms. The third kappa shape index (κ3) is 5.23. The lowest BCUT2D eigenvalue weighted by atomic mass is 10.0. The van der Waals surface area contributed by atoms with Gasteiger partial charge in [0.15, 0.2) is 0 Å². The average molecular weight is 446 g/mol. The van der Waals surface area contributed by atoms with Gasteiger partial charge in [0.1, 0.15) is 6.61 Å². The van der Waals surface area contributed by atoms with Crippen LogP contribution in [0.15, 0.2) is 41.3 Å². The fourth-order valence-electron chi connectivity index (χ4n) is 3.61. The molecule has 166 valence electrons. The number of anilines is 3. The molecule has 9 heteroatoms. The lowest BCUT2D eigenvalue weighted by Gasteiger charge is -2.29. The van der Waals surface area contributed by atoms with Crippen LogP contribution >= 0.6 is 0 Å². The molecule has 0 saturated heterocycles. The highest BCUT2D eigenvalue weighted by Crippen LogP contribution is 2.31. The lowest BCUT2D eigenvalue weighted by molar-refractivity contribution is -0.122. The Kier molecular flexibility index (Phi) is 6.97. The Morgan fingerprint density at radius 2 is 1.87 bits per heavy atom. The first kappa shape index (κ1) is 22.8. The first-order valence-electron chi connectivity index (χ1n) is 10.1. The summed E-state index contributed by atoms with van der Waals surface area (Å²) in [5, 5.41) is 2.72. The zero-order valence-corrected chi connectivity index (χ0v) is 18.7. The van der Waals surface area contributed by atoms with Gasteiger partial charge in [-0.1, -0.05) is 6.92 Å². The number of ether oxygens (including phenoxy) is 1. The van der Waals surface area contributed by atoms with Crippen molar-refractivity contribution in [3.05, 3.63) is 47.5 Å². The Morgan fingerprint density at radius 3 is 2.55 bits per heavy atom. The molecule has 2 N–H and O–H groups in total. The largest absolute Gasteiger partial charge is 0.375 e. The van der Waals surface area contributed by atoms with Crippen molar-refractivity contribution in [3.8, 4) is 0 Å². The van der Waals surface area contributed by atoms with Gasteiger partial charge in [0.05, 0.1) is 4.90 Å². The molecule has 2 amide bonds. The number of benzene rings is 2. The Balaban J connectivity index is 1.82. The summed E-state index contributed by atoms with van der Waals surface area (Å²) in [5.41, 5.74) is 3.20. The van der Waals surface area contributed by atoms with Crippen molar-refractivity contribution in [3.63, 3.8) is 0 Å². The summed E-state index contributed by atoms with van der Waals surface area (Å²) in [7, 11) is -2.34. The van der Waals surface area contributed by atoms with Crippen molar-refractivity contribution in [2.75, 3.05) is 35.2 Å². The number of sulfonamides is 1. The average Bonchev–Trinajstić information content (AvgIpc) is 2.72. The third-order valence-corrected chi connectivity index (χ3v) is 6.63. The number of rotatable bonds is 7. The van der Waals surface area contributed by atoms with Crippen molar-refractivity contribution < 1.29 is 22.7 Å². The molecule has 0 aromatic heterocycles. The van der Waals surface area contributed by atoms with Gasteiger partial charge < -0.3 is 15.0 Å². The van der Waals surface area contributed by atoms with Gasteiger partial charge in [-0.25, -0.2) is 8.42 Å². The number of nitrogens with one attached hydrogen (secondary N) is 2. The predicted molar refractivity (Wildman–Crippen MR) is 120 cm³/mol. The molecule has 0 saturated carbocycles. The predicted octanol–water partition coefficient (Wildman–Crippen LogP) is 3.07. The van der Waals surface area contributed by atoms with Gasteiger partial charge in [-0.15, -0.1) is 0 Å². The zero-order valence-electron chi connectivity index (χ0n) is 17.9. The maximum atomic E-state index is 13.0. The van der Waals surface area contributed by atoms with E-state index in [9.17, 15) is 18.0 Å². The molecule has 3 rings (SSSR count). The molecule has 0 fully saturated rings. The minimum absolute atomic E-state index is 0.00179. The normalized spacial score (nSPS) is 13.5. The first-order valence-corrected chi connectivity index (χ1v) is 11.6. The van der Waals surface area contributed by atoms with Crippen molar-refractivity contribution in [2.45, 2.75) is 38.0 Å². The van der Waals surface area contributed by atoms with Crippen LogP contribution in [0.2, 0.25) is 0 Å². The summed E-state index contributed by atoms with van der Waals surface area (Å²) < 4.78 is 33.5. The summed E-state index contributed by atoms with van der Waals surface area (Å²) in [6.45, 7) is 4.04. The van der Waals surface area contributed by atoms with Crippen LogP contribution < -0.4 is 14.9 Å². The zero-order chi connectivity index (χ0) is 22.6. The van der Waals surface area contributed by atoms with Gasteiger partial charge in [-0.2, -0.15) is 0 Å². The highest BCUT2D eigenvalue weighted by Gasteiger charge is 2.24. The first-order chi connectivity index (χ1) is 14.7. The molecule has 2 aromatic carbocycles. The van der Waals surface area contributed by atoms with E-state index in [1.807, 2.05) is 0 Å². The second-order valence-corrected chi connectivity index (χ2v) is 9.06. The molecule has 0 aliphatic carbocycles. The number of amides is 2. The van der Waals surface area contributed by atoms with Gasteiger partial charge in [0.2, 0.25) is 5.91 Å². The van der Waals surface area contributed by atoms with Crippen LogP contribution in [0.5, 0.6) is 0 Å². The highest BCUT2D eigenvalue weighted by atomic mass is 32.2. The summed E-state index contributed by atoms with van der Waals surface area (Å²) in [5.74, 6) is -0.261. The fourth-order valence-corrected chi connectivity index (χ4v) is 4.89. The van der Waals surface area contributed by atoms with E-state index >= 15 is 0 Å². The van der Waals surface area contributed by atoms with Crippen LogP contribution in [-0.4, -0.2) is 40.5 Å². The number of carbonyl (C=O) groups is 2. The molecular formula is C22H27N3O5S. The SMILES string of the molecule is CCC(=O)Nc1ccc(S(=O)(=O)Nc2ccc3c(c2)CCCN3C(=O)COC)c(C)c1. The Bertz CT molecular complexity index is 1100. The van der Waals surface area contributed by atoms with Gasteiger partial charge in [0, 0.05) is 37.1 Å². The number of nitrogens with zero attached hydrogens (tertiary/aromatic N) is 1. The van der Waals surface area contributed by atoms with Crippen LogP contribution in [0.3, 0.4) is 0 Å². The molecule has 1 aliphatic heterocycles. The second kappa shape index (κ2) is 9.49. The van der Waals surface area contributed by atoms with Crippen molar-refractivity contribution in [1.29, 1.82) is 0 Å². The van der Waals surface area contributed by atoms with Crippen LogP contribution in [0.4, 0.5) is 17.1 Å². The number of carbonyl (C=O) groups excluding carboxylic acids is 2. The maximum Gasteiger partial charge on any atom is 0.262 e. The summed E-state index contributed by atoms with van der Waals surface area (Å²) in [6, 6.07) is 9.86. The molecule has 0 atom stereocenters. The van der Waals surface area contributed by atoms with Gasteiger partial charge in [-0.3, -0.25) is 14.3 Å². The van der Waals surface area contributed by atoms with Crippen LogP contribution in [0, 0.1) is 6.92 Å². The number of methoxy groups -OCH3 is 1. The standard InChI is InChI=1S/C22H27N3O5S/c1-4-21(26)23-17-8-10-20(15(2)12-17)31(28,29)24-18-7-9-19-16(13-18)6-5-11-25(19)22(27)14-30-3/h7-10,12-13,24H,4-6,11,14H2,1-3H3,(H,23,26). The van der Waals surface area contributed by atoms with Crippen molar-refractivity contribution in [2.24, 2.45) is 0 Å². The van der Waals surface area contributed by atoms with E-state index in [4.69, 9.17) is 4.74 Å². The molecule has 1 heterocycles. The van der Waals surface area contributed by atoms with Crippen molar-refractivity contribution >= 4 is 38.9 Å². The fraction of sp³-hybridized carbons (Fsp3) is 0.364. The highest BCUT2D eigenvalue weighted by molar-refractivity contribution is 7.92. The van der Waals surface area contributed by atoms with Gasteiger partial charge in [-0.05, 0) is 67.3 Å². The van der Waals surface area contributed by atoms with E-state index in [0.717, 1.165) is 24.1 Å².